The molecule has 2 heterocycles. The molecule has 1 aliphatic heterocycles. The highest BCUT2D eigenvalue weighted by atomic mass is 32.2. The zero-order valence-electron chi connectivity index (χ0n) is 15.2. The molecule has 148 valence electrons. The topological polar surface area (TPSA) is 84.3 Å². The molecule has 0 radical (unpaired) electrons. The quantitative estimate of drug-likeness (QED) is 0.821. The molecule has 1 aromatic heterocycles. The van der Waals surface area contributed by atoms with E-state index < -0.39 is 29.6 Å². The van der Waals surface area contributed by atoms with E-state index in [0.717, 1.165) is 16.8 Å². The van der Waals surface area contributed by atoms with E-state index in [0.29, 0.717) is 17.5 Å². The highest BCUT2D eigenvalue weighted by Crippen LogP contribution is 2.32. The number of amides is 2. The minimum atomic E-state index is -0.927. The Labute approximate surface area is 163 Å². The number of halogens is 2. The first-order chi connectivity index (χ1) is 13.3. The van der Waals surface area contributed by atoms with E-state index in [4.69, 9.17) is 0 Å². The van der Waals surface area contributed by atoms with E-state index in [2.05, 4.69) is 10.4 Å². The third kappa shape index (κ3) is 4.22. The molecule has 7 nitrogen and oxygen atoms in total. The Balaban J connectivity index is 1.85. The summed E-state index contributed by atoms with van der Waals surface area (Å²) in [6, 6.07) is 2.74. The predicted molar refractivity (Wildman–Crippen MR) is 101 cm³/mol. The number of thioether (sulfide) groups is 1. The number of anilines is 2. The van der Waals surface area contributed by atoms with Gasteiger partial charge in [-0.1, -0.05) is 13.8 Å². The predicted octanol–water partition coefficient (Wildman–Crippen LogP) is 2.25. The molecule has 0 atom stereocenters. The summed E-state index contributed by atoms with van der Waals surface area (Å²) >= 11 is 1.22. The number of nitrogens with zero attached hydrogens (tertiary/aromatic N) is 3. The molecule has 3 rings (SSSR count). The highest BCUT2D eigenvalue weighted by molar-refractivity contribution is 8.00. The molecule has 0 spiro atoms. The number of carbonyl (C=O) groups excluding carboxylic acids is 2. The van der Waals surface area contributed by atoms with Crippen molar-refractivity contribution < 1.29 is 18.4 Å². The Hall–Kier alpha value is -2.75. The zero-order chi connectivity index (χ0) is 20.4. The Bertz CT molecular complexity index is 993. The summed E-state index contributed by atoms with van der Waals surface area (Å²) < 4.78 is 27.6. The van der Waals surface area contributed by atoms with Crippen LogP contribution in [0.15, 0.2) is 34.1 Å². The van der Waals surface area contributed by atoms with Crippen LogP contribution in [0.25, 0.3) is 0 Å². The van der Waals surface area contributed by atoms with Crippen molar-refractivity contribution in [1.29, 1.82) is 0 Å². The lowest BCUT2D eigenvalue weighted by atomic mass is 10.2. The van der Waals surface area contributed by atoms with Crippen LogP contribution < -0.4 is 15.8 Å². The largest absolute Gasteiger partial charge is 0.322 e. The van der Waals surface area contributed by atoms with Crippen LogP contribution in [0.4, 0.5) is 20.2 Å². The van der Waals surface area contributed by atoms with E-state index in [1.54, 1.807) is 0 Å². The van der Waals surface area contributed by atoms with Gasteiger partial charge in [0.2, 0.25) is 11.8 Å². The van der Waals surface area contributed by atoms with Gasteiger partial charge in [-0.3, -0.25) is 14.4 Å². The number of nitrogens with one attached hydrogen (secondary N) is 1. The smallest absolute Gasteiger partial charge is 0.292 e. The summed E-state index contributed by atoms with van der Waals surface area (Å²) in [5.74, 6) is -2.22. The van der Waals surface area contributed by atoms with Gasteiger partial charge in [0, 0.05) is 12.6 Å². The number of hydrogen-bond donors (Lipinski definition) is 1. The van der Waals surface area contributed by atoms with Crippen molar-refractivity contribution >= 4 is 35.0 Å². The summed E-state index contributed by atoms with van der Waals surface area (Å²) in [7, 11) is 0. The van der Waals surface area contributed by atoms with E-state index in [1.165, 1.54) is 22.9 Å². The molecule has 0 saturated carbocycles. The molecule has 2 amide bonds. The Morgan fingerprint density at radius 1 is 1.32 bits per heavy atom. The minimum absolute atomic E-state index is 0.144. The summed E-state index contributed by atoms with van der Waals surface area (Å²) in [6.45, 7) is 3.76. The molecule has 1 aromatic carbocycles. The second-order valence-corrected chi connectivity index (χ2v) is 7.70. The average Bonchev–Trinajstić information content (AvgIpc) is 2.62. The lowest BCUT2D eigenvalue weighted by Gasteiger charge is -2.29. The number of fused-ring (bicyclic) bond motifs is 1. The standard InChI is InChI=1S/C18H18F2N4O3S/c1-10(2)7-23-16(26)9-28-14-6-21-24(18(27)17(14)23)8-15(25)22-13-4-3-11(19)5-12(13)20/h3-6,10H,7-9H2,1-2H3,(H,22,25). The summed E-state index contributed by atoms with van der Waals surface area (Å²) in [5.41, 5.74) is -0.580. The van der Waals surface area contributed by atoms with Crippen molar-refractivity contribution in [3.63, 3.8) is 0 Å². The molecule has 1 aliphatic rings. The maximum atomic E-state index is 13.7. The Morgan fingerprint density at radius 3 is 2.75 bits per heavy atom. The van der Waals surface area contributed by atoms with Crippen molar-refractivity contribution in [3.8, 4) is 0 Å². The molecule has 10 heteroatoms. The second-order valence-electron chi connectivity index (χ2n) is 6.68. The molecule has 0 aliphatic carbocycles. The fraction of sp³-hybridized carbons (Fsp3) is 0.333. The van der Waals surface area contributed by atoms with Crippen LogP contribution in [0.3, 0.4) is 0 Å². The first-order valence-corrected chi connectivity index (χ1v) is 9.53. The van der Waals surface area contributed by atoms with E-state index in [-0.39, 0.29) is 29.0 Å². The normalized spacial score (nSPS) is 13.6. The van der Waals surface area contributed by atoms with Crippen molar-refractivity contribution in [2.45, 2.75) is 25.3 Å². The lowest BCUT2D eigenvalue weighted by Crippen LogP contribution is -2.44. The van der Waals surface area contributed by atoms with E-state index in [9.17, 15) is 23.2 Å². The molecule has 0 bridgehead atoms. The Kier molecular flexibility index (Phi) is 5.78. The Morgan fingerprint density at radius 2 is 2.07 bits per heavy atom. The zero-order valence-corrected chi connectivity index (χ0v) is 16.1. The van der Waals surface area contributed by atoms with Crippen LogP contribution in [0.5, 0.6) is 0 Å². The minimum Gasteiger partial charge on any atom is -0.322 e. The molecule has 0 saturated heterocycles. The van der Waals surface area contributed by atoms with Gasteiger partial charge in [0.05, 0.1) is 22.5 Å². The van der Waals surface area contributed by atoms with Crippen molar-refractivity contribution in [2.75, 3.05) is 22.5 Å². The maximum Gasteiger partial charge on any atom is 0.292 e. The summed E-state index contributed by atoms with van der Waals surface area (Å²) in [5, 5.41) is 6.26. The summed E-state index contributed by atoms with van der Waals surface area (Å²) in [6.07, 6.45) is 1.44. The summed E-state index contributed by atoms with van der Waals surface area (Å²) in [4.78, 5) is 39.3. The third-order valence-electron chi connectivity index (χ3n) is 3.95. The van der Waals surface area contributed by atoms with Crippen LogP contribution in [-0.4, -0.2) is 33.9 Å². The highest BCUT2D eigenvalue weighted by Gasteiger charge is 2.29. The van der Waals surface area contributed by atoms with Crippen molar-refractivity contribution in [1.82, 2.24) is 9.78 Å². The van der Waals surface area contributed by atoms with Crippen LogP contribution in [0, 0.1) is 17.6 Å². The van der Waals surface area contributed by atoms with Gasteiger partial charge in [-0.2, -0.15) is 5.10 Å². The fourth-order valence-corrected chi connectivity index (χ4v) is 3.64. The monoisotopic (exact) mass is 408 g/mol. The number of rotatable bonds is 5. The van der Waals surface area contributed by atoms with Gasteiger partial charge in [-0.05, 0) is 18.1 Å². The van der Waals surface area contributed by atoms with E-state index in [1.807, 2.05) is 13.8 Å². The molecular weight excluding hydrogens is 390 g/mol. The van der Waals surface area contributed by atoms with Gasteiger partial charge in [0.15, 0.2) is 0 Å². The molecule has 28 heavy (non-hydrogen) atoms. The lowest BCUT2D eigenvalue weighted by molar-refractivity contribution is -0.117. The van der Waals surface area contributed by atoms with Gasteiger partial charge < -0.3 is 10.2 Å². The van der Waals surface area contributed by atoms with Gasteiger partial charge in [-0.15, -0.1) is 11.8 Å². The van der Waals surface area contributed by atoms with Gasteiger partial charge in [-0.25, -0.2) is 13.5 Å². The first kappa shape index (κ1) is 20.0. The molecule has 0 unspecified atom stereocenters. The molecule has 1 N–H and O–H groups in total. The van der Waals surface area contributed by atoms with Crippen LogP contribution in [0.2, 0.25) is 0 Å². The van der Waals surface area contributed by atoms with Gasteiger partial charge in [0.25, 0.3) is 5.56 Å². The molecule has 0 fully saturated rings. The third-order valence-corrected chi connectivity index (χ3v) is 4.95. The number of aromatic nitrogens is 2. The first-order valence-electron chi connectivity index (χ1n) is 8.54. The van der Waals surface area contributed by atoms with Crippen LogP contribution in [0.1, 0.15) is 13.8 Å². The second kappa shape index (κ2) is 8.09. The maximum absolute atomic E-state index is 13.7. The fourth-order valence-electron chi connectivity index (χ4n) is 2.75. The molecular formula is C18H18F2N4O3S. The average molecular weight is 408 g/mol. The number of benzene rings is 1. The van der Waals surface area contributed by atoms with Gasteiger partial charge >= 0.3 is 0 Å². The SMILES string of the molecule is CC(C)CN1C(=O)CSc2cnn(CC(=O)Nc3ccc(F)cc3F)c(=O)c21. The van der Waals surface area contributed by atoms with Crippen LogP contribution in [-0.2, 0) is 16.1 Å². The molecule has 2 aromatic rings. The van der Waals surface area contributed by atoms with Crippen molar-refractivity contribution in [2.24, 2.45) is 5.92 Å². The van der Waals surface area contributed by atoms with E-state index >= 15 is 0 Å². The van der Waals surface area contributed by atoms with Gasteiger partial charge in [0.1, 0.15) is 23.9 Å². The number of carbonyl (C=O) groups is 2. The number of hydrogen-bond acceptors (Lipinski definition) is 5. The van der Waals surface area contributed by atoms with Crippen LogP contribution >= 0.6 is 11.8 Å². The van der Waals surface area contributed by atoms with Crippen molar-refractivity contribution in [3.05, 3.63) is 46.4 Å².